The summed E-state index contributed by atoms with van der Waals surface area (Å²) in [6, 6.07) is 13.6. The molecule has 3 aromatic rings. The lowest BCUT2D eigenvalue weighted by atomic mass is 9.79. The Morgan fingerprint density at radius 1 is 1.26 bits per heavy atom. The van der Waals surface area contributed by atoms with Crippen molar-refractivity contribution in [1.29, 1.82) is 0 Å². The van der Waals surface area contributed by atoms with Gasteiger partial charge in [0.25, 0.3) is 11.7 Å². The van der Waals surface area contributed by atoms with E-state index in [1.807, 2.05) is 36.1 Å². The van der Waals surface area contributed by atoms with Crippen LogP contribution < -0.4 is 4.90 Å². The number of carbonyl (C=O) groups excluding carboxylic acids is 2. The molecule has 39 heavy (non-hydrogen) atoms. The zero-order chi connectivity index (χ0) is 27.4. The third kappa shape index (κ3) is 4.33. The monoisotopic (exact) mass is 550 g/mol. The van der Waals surface area contributed by atoms with E-state index in [2.05, 4.69) is 4.98 Å². The smallest absolute Gasteiger partial charge is 0.356 e. The molecule has 202 valence electrons. The van der Waals surface area contributed by atoms with Gasteiger partial charge in [-0.2, -0.15) is 4.98 Å². The van der Waals surface area contributed by atoms with Crippen molar-refractivity contribution in [2.45, 2.75) is 37.9 Å². The number of nitro benzene ring substituents is 1. The molecule has 0 spiro atoms. The van der Waals surface area contributed by atoms with Crippen LogP contribution in [-0.4, -0.2) is 62.3 Å². The number of oxazole rings is 1. The molecule has 4 heterocycles. The predicted octanol–water partition coefficient (Wildman–Crippen LogP) is 3.47. The first kappa shape index (κ1) is 25.4. The summed E-state index contributed by atoms with van der Waals surface area (Å²) in [6.07, 6.45) is -0.832. The molecule has 4 atom stereocenters. The number of fused-ring (bicyclic) bond motifs is 2. The molecular weight excluding hydrogens is 524 g/mol. The van der Waals surface area contributed by atoms with Gasteiger partial charge < -0.3 is 24.1 Å². The fourth-order valence-corrected chi connectivity index (χ4v) is 6.96. The van der Waals surface area contributed by atoms with Gasteiger partial charge in [-0.1, -0.05) is 19.1 Å². The molecule has 0 aliphatic carbocycles. The second kappa shape index (κ2) is 9.69. The normalized spacial score (nSPS) is 23.5. The highest BCUT2D eigenvalue weighted by molar-refractivity contribution is 8.03. The molecule has 2 fully saturated rings. The number of para-hydroxylation sites is 2. The fourth-order valence-electron chi connectivity index (χ4n) is 5.44. The molecule has 0 radical (unpaired) electrons. The number of thioether (sulfide) groups is 1. The van der Waals surface area contributed by atoms with Crippen LogP contribution in [0.1, 0.15) is 19.4 Å². The topological polar surface area (TPSA) is 139 Å². The van der Waals surface area contributed by atoms with Crippen LogP contribution in [0, 0.1) is 22.0 Å². The summed E-state index contributed by atoms with van der Waals surface area (Å²) in [7, 11) is 0. The Balaban J connectivity index is 1.19. The molecule has 3 aliphatic rings. The number of β-lactam (4-membered cyclic amide) rings is 1. The van der Waals surface area contributed by atoms with E-state index in [4.69, 9.17) is 9.15 Å². The van der Waals surface area contributed by atoms with Crippen molar-refractivity contribution in [3.8, 4) is 0 Å². The number of hydrogen-bond acceptors (Lipinski definition) is 10. The number of nitrogens with zero attached hydrogens (tertiary/aromatic N) is 4. The standard InChI is InChI=1S/C27H26N4O7S/c1-14-22-21(15(2)32)25(33)30(22)23(26(34)37-13-16-7-9-17(10-8-16)31(35)36)24(14)39-18-11-29(12-18)27-28-19-5-3-4-6-20(19)38-27/h3-10,14-15,18,21-22,32H,11-13H2,1-2H3/t14-,15-,21-,22-/m1/s1. The van der Waals surface area contributed by atoms with Crippen LogP contribution in [0.15, 0.2) is 63.6 Å². The van der Waals surface area contributed by atoms with Crippen molar-refractivity contribution < 1.29 is 28.8 Å². The molecule has 1 amide bonds. The van der Waals surface area contributed by atoms with Crippen molar-refractivity contribution in [3.05, 3.63) is 74.8 Å². The van der Waals surface area contributed by atoms with Crippen LogP contribution >= 0.6 is 11.8 Å². The molecule has 0 bridgehead atoms. The molecule has 0 unspecified atom stereocenters. The van der Waals surface area contributed by atoms with Gasteiger partial charge in [0.15, 0.2) is 5.58 Å². The zero-order valence-electron chi connectivity index (χ0n) is 21.2. The Labute approximate surface area is 227 Å². The summed E-state index contributed by atoms with van der Waals surface area (Å²) in [5.74, 6) is -1.64. The summed E-state index contributed by atoms with van der Waals surface area (Å²) in [6.45, 7) is 4.80. The molecule has 6 rings (SSSR count). The highest BCUT2D eigenvalue weighted by Gasteiger charge is 2.60. The third-order valence-corrected chi connectivity index (χ3v) is 8.96. The molecule has 2 saturated heterocycles. The van der Waals surface area contributed by atoms with Crippen LogP contribution in [0.4, 0.5) is 11.7 Å². The predicted molar refractivity (Wildman–Crippen MR) is 142 cm³/mol. The van der Waals surface area contributed by atoms with Gasteiger partial charge in [0.1, 0.15) is 17.8 Å². The number of aromatic nitrogens is 1. The number of esters is 1. The lowest BCUT2D eigenvalue weighted by molar-refractivity contribution is -0.384. The molecule has 1 aromatic heterocycles. The average Bonchev–Trinajstić information content (AvgIpc) is 3.41. The van der Waals surface area contributed by atoms with Gasteiger partial charge in [0.2, 0.25) is 5.91 Å². The summed E-state index contributed by atoms with van der Waals surface area (Å²) in [4.78, 5) is 45.5. The number of nitro groups is 1. The molecule has 2 aromatic carbocycles. The number of rotatable bonds is 8. The number of anilines is 1. The first-order chi connectivity index (χ1) is 18.7. The minimum atomic E-state index is -0.832. The Kier molecular flexibility index (Phi) is 6.31. The molecule has 12 heteroatoms. The first-order valence-electron chi connectivity index (χ1n) is 12.7. The van der Waals surface area contributed by atoms with E-state index in [0.29, 0.717) is 24.7 Å². The Bertz CT molecular complexity index is 1460. The van der Waals surface area contributed by atoms with Gasteiger partial charge in [0.05, 0.1) is 23.0 Å². The van der Waals surface area contributed by atoms with E-state index in [1.165, 1.54) is 29.2 Å². The third-order valence-electron chi connectivity index (χ3n) is 7.51. The molecule has 0 saturated carbocycles. The molecule has 1 N–H and O–H groups in total. The summed E-state index contributed by atoms with van der Waals surface area (Å²) >= 11 is 1.55. The number of aliphatic hydroxyl groups is 1. The van der Waals surface area contributed by atoms with Gasteiger partial charge >= 0.3 is 5.97 Å². The number of carbonyl (C=O) groups is 2. The summed E-state index contributed by atoms with van der Waals surface area (Å²) < 4.78 is 11.4. The Morgan fingerprint density at radius 2 is 1.97 bits per heavy atom. The van der Waals surface area contributed by atoms with Gasteiger partial charge in [-0.15, -0.1) is 11.8 Å². The van der Waals surface area contributed by atoms with E-state index in [9.17, 15) is 24.8 Å². The Morgan fingerprint density at radius 3 is 2.64 bits per heavy atom. The van der Waals surface area contributed by atoms with Gasteiger partial charge in [-0.25, -0.2) is 4.79 Å². The van der Waals surface area contributed by atoms with Crippen LogP contribution in [0.3, 0.4) is 0 Å². The second-order valence-electron chi connectivity index (χ2n) is 10.1. The van der Waals surface area contributed by atoms with E-state index in [-0.39, 0.29) is 41.1 Å². The largest absolute Gasteiger partial charge is 0.456 e. The minimum absolute atomic E-state index is 0.0540. The van der Waals surface area contributed by atoms with Crippen LogP contribution in [0.5, 0.6) is 0 Å². The molecular formula is C27H26N4O7S. The van der Waals surface area contributed by atoms with Crippen LogP contribution in [0.25, 0.3) is 11.1 Å². The maximum atomic E-state index is 13.3. The molecule has 3 aliphatic heterocycles. The van der Waals surface area contributed by atoms with Crippen LogP contribution in [0.2, 0.25) is 0 Å². The number of aliphatic hydroxyl groups excluding tert-OH is 1. The van der Waals surface area contributed by atoms with Crippen molar-refractivity contribution >= 4 is 46.4 Å². The van der Waals surface area contributed by atoms with Gasteiger partial charge in [0, 0.05) is 41.3 Å². The summed E-state index contributed by atoms with van der Waals surface area (Å²) in [5.41, 5.74) is 2.28. The number of non-ortho nitro benzene ring substituents is 1. The fraction of sp³-hybridized carbons (Fsp3) is 0.370. The SMILES string of the molecule is C[C@@H](O)[C@H]1C(=O)N2C(C(=O)OCc3ccc([N+](=O)[O-])cc3)=C(SC3CN(c4nc5ccccc5o4)C3)[C@H](C)[C@H]12. The van der Waals surface area contributed by atoms with Crippen molar-refractivity contribution in [3.63, 3.8) is 0 Å². The average molecular weight is 551 g/mol. The van der Waals surface area contributed by atoms with Gasteiger partial charge in [-0.3, -0.25) is 14.9 Å². The molecule has 11 nitrogen and oxygen atoms in total. The van der Waals surface area contributed by atoms with E-state index < -0.39 is 22.9 Å². The van der Waals surface area contributed by atoms with E-state index >= 15 is 0 Å². The maximum Gasteiger partial charge on any atom is 0.356 e. The highest BCUT2D eigenvalue weighted by atomic mass is 32.2. The van der Waals surface area contributed by atoms with Crippen molar-refractivity contribution in [2.75, 3.05) is 18.0 Å². The number of ether oxygens (including phenoxy) is 1. The van der Waals surface area contributed by atoms with Crippen molar-refractivity contribution in [2.24, 2.45) is 11.8 Å². The number of hydrogen-bond donors (Lipinski definition) is 1. The minimum Gasteiger partial charge on any atom is -0.456 e. The summed E-state index contributed by atoms with van der Waals surface area (Å²) in [5, 5.41) is 21.3. The van der Waals surface area contributed by atoms with Crippen LogP contribution in [-0.2, 0) is 20.9 Å². The quantitative estimate of drug-likeness (QED) is 0.192. The maximum absolute atomic E-state index is 13.3. The lowest BCUT2D eigenvalue weighted by Gasteiger charge is -2.46. The number of benzene rings is 2. The lowest BCUT2D eigenvalue weighted by Crippen LogP contribution is -2.63. The van der Waals surface area contributed by atoms with Crippen molar-refractivity contribution in [1.82, 2.24) is 9.88 Å². The highest BCUT2D eigenvalue weighted by Crippen LogP contribution is 2.52. The van der Waals surface area contributed by atoms with E-state index in [0.717, 1.165) is 16.0 Å². The second-order valence-corrected chi connectivity index (χ2v) is 11.4. The Hall–Kier alpha value is -3.90. The zero-order valence-corrected chi connectivity index (χ0v) is 22.0. The van der Waals surface area contributed by atoms with E-state index in [1.54, 1.807) is 18.7 Å². The van der Waals surface area contributed by atoms with Gasteiger partial charge in [-0.05, 0) is 36.8 Å². The number of amides is 1. The first-order valence-corrected chi connectivity index (χ1v) is 13.5.